The van der Waals surface area contributed by atoms with E-state index in [1.807, 2.05) is 42.2 Å². The van der Waals surface area contributed by atoms with Crippen LogP contribution in [-0.2, 0) is 6.42 Å². The van der Waals surface area contributed by atoms with Crippen molar-refractivity contribution in [3.05, 3.63) is 94.7 Å². The van der Waals surface area contributed by atoms with Gasteiger partial charge in [0, 0.05) is 38.4 Å². The second kappa shape index (κ2) is 11.4. The van der Waals surface area contributed by atoms with Crippen LogP contribution in [0.2, 0.25) is 0 Å². The normalized spacial score (nSPS) is 14.4. The third-order valence-corrected chi connectivity index (χ3v) is 6.32. The molecule has 1 aromatic heterocycles. The summed E-state index contributed by atoms with van der Waals surface area (Å²) >= 11 is 0. The van der Waals surface area contributed by atoms with Crippen molar-refractivity contribution in [1.29, 1.82) is 0 Å². The van der Waals surface area contributed by atoms with Gasteiger partial charge >= 0.3 is 0 Å². The molecule has 37 heavy (non-hydrogen) atoms. The molecule has 10 heteroatoms. The minimum Gasteiger partial charge on any atom is -0.353 e. The fraction of sp³-hybridized carbons (Fsp3) is 0.296. The van der Waals surface area contributed by atoms with E-state index < -0.39 is 34.7 Å². The van der Waals surface area contributed by atoms with E-state index in [9.17, 15) is 27.2 Å². The van der Waals surface area contributed by atoms with E-state index in [1.165, 1.54) is 16.7 Å². The number of aromatic nitrogens is 1. The number of halogens is 4. The first-order chi connectivity index (χ1) is 17.7. The molecule has 2 amide bonds. The van der Waals surface area contributed by atoms with Crippen LogP contribution in [0.3, 0.4) is 0 Å². The third-order valence-electron chi connectivity index (χ3n) is 6.32. The van der Waals surface area contributed by atoms with Crippen molar-refractivity contribution in [2.24, 2.45) is 0 Å². The second-order valence-electron chi connectivity index (χ2n) is 8.93. The van der Waals surface area contributed by atoms with Gasteiger partial charge in [0.05, 0.1) is 11.1 Å². The van der Waals surface area contributed by atoms with E-state index >= 15 is 0 Å². The van der Waals surface area contributed by atoms with Crippen molar-refractivity contribution in [1.82, 2.24) is 15.2 Å². The SMILES string of the molecule is CC(CCc1ccccc1)NC(=O)c1ccc(N2CCN(C(=O)c3cc(F)c(F)c(F)c3F)CC2)nc1. The van der Waals surface area contributed by atoms with Gasteiger partial charge in [0.2, 0.25) is 0 Å². The number of benzene rings is 2. The molecule has 0 radical (unpaired) electrons. The highest BCUT2D eigenvalue weighted by Crippen LogP contribution is 2.22. The predicted octanol–water partition coefficient (Wildman–Crippen LogP) is 4.35. The third kappa shape index (κ3) is 6.07. The predicted molar refractivity (Wildman–Crippen MR) is 130 cm³/mol. The number of hydrogen-bond acceptors (Lipinski definition) is 4. The average Bonchev–Trinajstić information content (AvgIpc) is 2.93. The van der Waals surface area contributed by atoms with Crippen LogP contribution >= 0.6 is 0 Å². The number of nitrogens with one attached hydrogen (secondary N) is 1. The van der Waals surface area contributed by atoms with Crippen LogP contribution in [0.1, 0.15) is 39.6 Å². The van der Waals surface area contributed by atoms with Crippen molar-refractivity contribution in [2.45, 2.75) is 25.8 Å². The van der Waals surface area contributed by atoms with E-state index in [0.717, 1.165) is 12.8 Å². The Kier molecular flexibility index (Phi) is 8.05. The summed E-state index contributed by atoms with van der Waals surface area (Å²) in [5, 5.41) is 2.97. The lowest BCUT2D eigenvalue weighted by atomic mass is 10.1. The second-order valence-corrected chi connectivity index (χ2v) is 8.93. The van der Waals surface area contributed by atoms with Gasteiger partial charge < -0.3 is 15.1 Å². The van der Waals surface area contributed by atoms with Gasteiger partial charge in [-0.2, -0.15) is 0 Å². The molecule has 1 unspecified atom stereocenters. The zero-order valence-electron chi connectivity index (χ0n) is 20.2. The molecule has 4 rings (SSSR count). The number of nitrogens with zero attached hydrogens (tertiary/aromatic N) is 3. The summed E-state index contributed by atoms with van der Waals surface area (Å²) < 4.78 is 54.2. The Hall–Kier alpha value is -3.95. The first kappa shape index (κ1) is 26.1. The molecule has 2 heterocycles. The van der Waals surface area contributed by atoms with E-state index in [1.54, 1.807) is 12.1 Å². The van der Waals surface area contributed by atoms with E-state index in [2.05, 4.69) is 10.3 Å². The standard InChI is InChI=1S/C27H26F4N4O2/c1-17(7-8-18-5-3-2-4-6-18)33-26(36)19-9-10-22(32-16-19)34-11-13-35(14-12-34)27(37)20-15-21(28)24(30)25(31)23(20)29/h2-6,9-10,15-17H,7-8,11-14H2,1H3,(H,33,36). The summed E-state index contributed by atoms with van der Waals surface area (Å²) in [5.41, 5.74) is 0.773. The number of rotatable bonds is 7. The molecule has 0 bridgehead atoms. The van der Waals surface area contributed by atoms with Crippen molar-refractivity contribution in [2.75, 3.05) is 31.1 Å². The molecular weight excluding hydrogens is 488 g/mol. The first-order valence-electron chi connectivity index (χ1n) is 11.9. The fourth-order valence-electron chi connectivity index (χ4n) is 4.15. The quantitative estimate of drug-likeness (QED) is 0.289. The zero-order chi connectivity index (χ0) is 26.5. The monoisotopic (exact) mass is 514 g/mol. The van der Waals surface area contributed by atoms with Gasteiger partial charge in [-0.05, 0) is 43.5 Å². The molecule has 0 aliphatic carbocycles. The summed E-state index contributed by atoms with van der Waals surface area (Å²) in [6, 6.07) is 13.7. The Morgan fingerprint density at radius 3 is 2.30 bits per heavy atom. The van der Waals surface area contributed by atoms with Crippen LogP contribution in [0.4, 0.5) is 23.4 Å². The Bertz CT molecular complexity index is 1260. The number of carbonyl (C=O) groups excluding carboxylic acids is 2. The van der Waals surface area contributed by atoms with Gasteiger partial charge in [0.1, 0.15) is 5.82 Å². The molecule has 3 aromatic rings. The number of pyridine rings is 1. The van der Waals surface area contributed by atoms with Crippen molar-refractivity contribution in [3.8, 4) is 0 Å². The molecule has 1 aliphatic rings. The summed E-state index contributed by atoms with van der Waals surface area (Å²) in [6.45, 7) is 2.89. The largest absolute Gasteiger partial charge is 0.353 e. The molecule has 1 fully saturated rings. The molecule has 194 valence electrons. The average molecular weight is 515 g/mol. The van der Waals surface area contributed by atoms with Crippen LogP contribution < -0.4 is 10.2 Å². The molecule has 1 saturated heterocycles. The molecule has 0 saturated carbocycles. The van der Waals surface area contributed by atoms with Gasteiger partial charge in [-0.15, -0.1) is 0 Å². The van der Waals surface area contributed by atoms with Crippen molar-refractivity contribution >= 4 is 17.6 Å². The van der Waals surface area contributed by atoms with E-state index in [0.29, 0.717) is 30.5 Å². The highest BCUT2D eigenvalue weighted by atomic mass is 19.2. The van der Waals surface area contributed by atoms with Gasteiger partial charge in [-0.3, -0.25) is 9.59 Å². The Labute approximate surface area is 211 Å². The topological polar surface area (TPSA) is 65.5 Å². The van der Waals surface area contributed by atoms with Gasteiger partial charge in [-0.1, -0.05) is 30.3 Å². The number of hydrogen-bond donors (Lipinski definition) is 1. The first-order valence-corrected chi connectivity index (χ1v) is 11.9. The van der Waals surface area contributed by atoms with E-state index in [4.69, 9.17) is 0 Å². The number of piperazine rings is 1. The van der Waals surface area contributed by atoms with Crippen LogP contribution in [0.15, 0.2) is 54.7 Å². The maximum atomic E-state index is 14.0. The van der Waals surface area contributed by atoms with Gasteiger partial charge in [-0.25, -0.2) is 22.5 Å². The summed E-state index contributed by atoms with van der Waals surface area (Å²) in [5.74, 6) is -7.86. The summed E-state index contributed by atoms with van der Waals surface area (Å²) in [4.78, 5) is 32.6. The van der Waals surface area contributed by atoms with Crippen LogP contribution in [0, 0.1) is 23.3 Å². The maximum Gasteiger partial charge on any atom is 0.257 e. The summed E-state index contributed by atoms with van der Waals surface area (Å²) in [6.07, 6.45) is 3.13. The molecule has 2 aromatic carbocycles. The maximum absolute atomic E-state index is 14.0. The minimum atomic E-state index is -2.01. The molecule has 6 nitrogen and oxygen atoms in total. The number of carbonyl (C=O) groups is 2. The Balaban J connectivity index is 1.30. The fourth-order valence-corrected chi connectivity index (χ4v) is 4.15. The number of anilines is 1. The van der Waals surface area contributed by atoms with Crippen molar-refractivity contribution in [3.63, 3.8) is 0 Å². The lowest BCUT2D eigenvalue weighted by molar-refractivity contribution is 0.0739. The number of aryl methyl sites for hydroxylation is 1. The van der Waals surface area contributed by atoms with Crippen LogP contribution in [0.5, 0.6) is 0 Å². The molecule has 1 atom stereocenters. The van der Waals surface area contributed by atoms with Gasteiger partial charge in [0.15, 0.2) is 23.3 Å². The van der Waals surface area contributed by atoms with Crippen LogP contribution in [-0.4, -0.2) is 53.9 Å². The number of amides is 2. The molecule has 1 aliphatic heterocycles. The molecular formula is C27H26F4N4O2. The van der Waals surface area contributed by atoms with Crippen molar-refractivity contribution < 1.29 is 27.2 Å². The Morgan fingerprint density at radius 1 is 0.946 bits per heavy atom. The molecule has 0 spiro atoms. The lowest BCUT2D eigenvalue weighted by Gasteiger charge is -2.35. The zero-order valence-corrected chi connectivity index (χ0v) is 20.2. The minimum absolute atomic E-state index is 0.0223. The van der Waals surface area contributed by atoms with E-state index in [-0.39, 0.29) is 25.0 Å². The summed E-state index contributed by atoms with van der Waals surface area (Å²) in [7, 11) is 0. The van der Waals surface area contributed by atoms with Crippen LogP contribution in [0.25, 0.3) is 0 Å². The lowest BCUT2D eigenvalue weighted by Crippen LogP contribution is -2.49. The highest BCUT2D eigenvalue weighted by molar-refractivity contribution is 5.95. The molecule has 1 N–H and O–H groups in total. The van der Waals surface area contributed by atoms with Gasteiger partial charge in [0.25, 0.3) is 11.8 Å². The highest BCUT2D eigenvalue weighted by Gasteiger charge is 2.28. The Morgan fingerprint density at radius 2 is 1.65 bits per heavy atom. The smallest absolute Gasteiger partial charge is 0.257 e.